The molecule has 0 radical (unpaired) electrons. The van der Waals surface area contributed by atoms with Gasteiger partial charge in [0.25, 0.3) is 0 Å². The maximum absolute atomic E-state index is 5.55. The molecule has 4 heteroatoms. The number of benzene rings is 1. The van der Waals surface area contributed by atoms with E-state index in [1.54, 1.807) is 11.3 Å². The minimum Gasteiger partial charge on any atom is -0.326 e. The minimum atomic E-state index is 0.585. The summed E-state index contributed by atoms with van der Waals surface area (Å²) >= 11 is 1.63. The van der Waals surface area contributed by atoms with Crippen LogP contribution in [-0.4, -0.2) is 12.0 Å². The number of nitrogens with two attached hydrogens (primary N) is 1. The Morgan fingerprint density at radius 3 is 2.60 bits per heavy atom. The van der Waals surface area contributed by atoms with Gasteiger partial charge in [-0.15, -0.1) is 11.3 Å². The molecule has 0 aliphatic carbocycles. The zero-order valence-corrected chi connectivity index (χ0v) is 9.37. The van der Waals surface area contributed by atoms with Crippen molar-refractivity contribution in [2.45, 2.75) is 6.54 Å². The van der Waals surface area contributed by atoms with Gasteiger partial charge in [-0.3, -0.25) is 0 Å². The third-order valence-corrected chi connectivity index (χ3v) is 3.11. The molecule has 2 rings (SSSR count). The highest BCUT2D eigenvalue weighted by molar-refractivity contribution is 7.13. The van der Waals surface area contributed by atoms with E-state index in [4.69, 9.17) is 5.73 Å². The second-order valence-electron chi connectivity index (χ2n) is 3.24. The molecule has 0 aliphatic heterocycles. The van der Waals surface area contributed by atoms with Gasteiger partial charge in [0, 0.05) is 30.9 Å². The van der Waals surface area contributed by atoms with E-state index in [9.17, 15) is 0 Å². The lowest BCUT2D eigenvalue weighted by Crippen LogP contribution is -2.09. The topological polar surface area (TPSA) is 42.1 Å². The second-order valence-corrected chi connectivity index (χ2v) is 4.12. The van der Waals surface area contributed by atoms with Crippen LogP contribution in [0.25, 0.3) is 0 Å². The van der Waals surface area contributed by atoms with Gasteiger partial charge in [-0.25, -0.2) is 4.98 Å². The molecular formula is C11H13N3S. The zero-order valence-electron chi connectivity index (χ0n) is 8.55. The van der Waals surface area contributed by atoms with Crippen LogP contribution >= 0.6 is 11.3 Å². The highest BCUT2D eigenvalue weighted by atomic mass is 32.1. The molecule has 0 fully saturated rings. The quantitative estimate of drug-likeness (QED) is 0.861. The van der Waals surface area contributed by atoms with Gasteiger partial charge < -0.3 is 10.6 Å². The third-order valence-electron chi connectivity index (χ3n) is 2.27. The number of nitrogens with zero attached hydrogens (tertiary/aromatic N) is 2. The van der Waals surface area contributed by atoms with Gasteiger partial charge in [-0.2, -0.15) is 0 Å². The predicted molar refractivity (Wildman–Crippen MR) is 64.5 cm³/mol. The van der Waals surface area contributed by atoms with E-state index in [1.807, 2.05) is 30.8 Å². The molecule has 0 aliphatic rings. The number of rotatable bonds is 3. The van der Waals surface area contributed by atoms with Crippen LogP contribution < -0.4 is 10.6 Å². The number of anilines is 2. The van der Waals surface area contributed by atoms with E-state index in [-0.39, 0.29) is 0 Å². The largest absolute Gasteiger partial charge is 0.326 e. The monoisotopic (exact) mass is 219 g/mol. The van der Waals surface area contributed by atoms with Gasteiger partial charge in [0.15, 0.2) is 5.13 Å². The number of thiazole rings is 1. The number of hydrogen-bond donors (Lipinski definition) is 1. The molecule has 0 atom stereocenters. The van der Waals surface area contributed by atoms with Crippen molar-refractivity contribution in [1.82, 2.24) is 4.98 Å². The van der Waals surface area contributed by atoms with E-state index in [0.717, 1.165) is 16.4 Å². The minimum absolute atomic E-state index is 0.585. The summed E-state index contributed by atoms with van der Waals surface area (Å²) in [5.74, 6) is 0. The van der Waals surface area contributed by atoms with Crippen LogP contribution in [0.2, 0.25) is 0 Å². The molecule has 0 saturated heterocycles. The number of hydrogen-bond acceptors (Lipinski definition) is 4. The molecule has 0 bridgehead atoms. The second kappa shape index (κ2) is 4.42. The summed E-state index contributed by atoms with van der Waals surface area (Å²) < 4.78 is 0. The first-order chi connectivity index (χ1) is 7.31. The smallest absolute Gasteiger partial charge is 0.189 e. The average Bonchev–Trinajstić information content (AvgIpc) is 2.82. The average molecular weight is 219 g/mol. The van der Waals surface area contributed by atoms with Crippen molar-refractivity contribution >= 4 is 22.2 Å². The summed E-state index contributed by atoms with van der Waals surface area (Å²) in [6, 6.07) is 8.20. The molecule has 1 aromatic heterocycles. The maximum Gasteiger partial charge on any atom is 0.189 e. The zero-order chi connectivity index (χ0) is 10.7. The summed E-state index contributed by atoms with van der Waals surface area (Å²) in [4.78, 5) is 6.32. The van der Waals surface area contributed by atoms with Crippen molar-refractivity contribution in [1.29, 1.82) is 0 Å². The Hall–Kier alpha value is -1.39. The van der Waals surface area contributed by atoms with Gasteiger partial charge in [0.1, 0.15) is 0 Å². The molecule has 1 heterocycles. The lowest BCUT2D eigenvalue weighted by molar-refractivity contribution is 1.07. The molecule has 1 aromatic carbocycles. The van der Waals surface area contributed by atoms with Gasteiger partial charge in [-0.1, -0.05) is 12.1 Å². The standard InChI is InChI=1S/C11H13N3S/c1-14(11-13-6-7-15-11)10-4-2-9(8-12)3-5-10/h2-7H,8,12H2,1H3. The Morgan fingerprint density at radius 1 is 1.33 bits per heavy atom. The van der Waals surface area contributed by atoms with E-state index in [2.05, 4.69) is 22.0 Å². The van der Waals surface area contributed by atoms with Crippen LogP contribution in [-0.2, 0) is 6.54 Å². The summed E-state index contributed by atoms with van der Waals surface area (Å²) in [5, 5.41) is 2.97. The van der Waals surface area contributed by atoms with Gasteiger partial charge in [0.2, 0.25) is 0 Å². The highest BCUT2D eigenvalue weighted by Crippen LogP contribution is 2.25. The summed E-state index contributed by atoms with van der Waals surface area (Å²) in [6.45, 7) is 0.585. The molecule has 2 N–H and O–H groups in total. The summed E-state index contributed by atoms with van der Waals surface area (Å²) in [7, 11) is 2.01. The molecule has 0 amide bonds. The Labute approximate surface area is 93.2 Å². The Morgan fingerprint density at radius 2 is 2.07 bits per heavy atom. The fourth-order valence-corrected chi connectivity index (χ4v) is 1.98. The van der Waals surface area contributed by atoms with Crippen molar-refractivity contribution in [3.63, 3.8) is 0 Å². The molecule has 15 heavy (non-hydrogen) atoms. The Bertz CT molecular complexity index is 408. The van der Waals surface area contributed by atoms with Crippen LogP contribution in [0.3, 0.4) is 0 Å². The van der Waals surface area contributed by atoms with E-state index >= 15 is 0 Å². The lowest BCUT2D eigenvalue weighted by Gasteiger charge is -2.15. The van der Waals surface area contributed by atoms with Crippen LogP contribution in [0.4, 0.5) is 10.8 Å². The van der Waals surface area contributed by atoms with Crippen molar-refractivity contribution in [3.8, 4) is 0 Å². The molecule has 78 valence electrons. The molecular weight excluding hydrogens is 206 g/mol. The number of aromatic nitrogens is 1. The first-order valence-corrected chi connectivity index (χ1v) is 5.61. The summed E-state index contributed by atoms with van der Waals surface area (Å²) in [6.07, 6.45) is 1.81. The van der Waals surface area contributed by atoms with Crippen molar-refractivity contribution < 1.29 is 0 Å². The maximum atomic E-state index is 5.55. The van der Waals surface area contributed by atoms with Crippen LogP contribution in [0.1, 0.15) is 5.56 Å². The molecule has 3 nitrogen and oxygen atoms in total. The molecule has 0 unspecified atom stereocenters. The first-order valence-electron chi connectivity index (χ1n) is 4.73. The fourth-order valence-electron chi connectivity index (χ4n) is 1.35. The van der Waals surface area contributed by atoms with Crippen LogP contribution in [0, 0.1) is 0 Å². The highest BCUT2D eigenvalue weighted by Gasteiger charge is 2.05. The van der Waals surface area contributed by atoms with Crippen LogP contribution in [0.5, 0.6) is 0 Å². The van der Waals surface area contributed by atoms with E-state index in [0.29, 0.717) is 6.54 Å². The van der Waals surface area contributed by atoms with Crippen molar-refractivity contribution in [2.24, 2.45) is 5.73 Å². The van der Waals surface area contributed by atoms with Crippen molar-refractivity contribution in [2.75, 3.05) is 11.9 Å². The van der Waals surface area contributed by atoms with Gasteiger partial charge >= 0.3 is 0 Å². The molecule has 2 aromatic rings. The van der Waals surface area contributed by atoms with E-state index < -0.39 is 0 Å². The van der Waals surface area contributed by atoms with Gasteiger partial charge in [-0.05, 0) is 17.7 Å². The normalized spacial score (nSPS) is 10.3. The lowest BCUT2D eigenvalue weighted by atomic mass is 10.2. The fraction of sp³-hybridized carbons (Fsp3) is 0.182. The SMILES string of the molecule is CN(c1ccc(CN)cc1)c1nccs1. The third kappa shape index (κ3) is 2.16. The van der Waals surface area contributed by atoms with Crippen LogP contribution in [0.15, 0.2) is 35.8 Å². The molecule has 0 saturated carbocycles. The van der Waals surface area contributed by atoms with Crippen molar-refractivity contribution in [3.05, 3.63) is 41.4 Å². The Balaban J connectivity index is 2.22. The van der Waals surface area contributed by atoms with Gasteiger partial charge in [0.05, 0.1) is 0 Å². The summed E-state index contributed by atoms with van der Waals surface area (Å²) in [5.41, 5.74) is 7.82. The first kappa shape index (κ1) is 10.1. The van der Waals surface area contributed by atoms with E-state index in [1.165, 1.54) is 0 Å². The predicted octanol–water partition coefficient (Wildman–Crippen LogP) is 2.37. The Kier molecular flexibility index (Phi) is 2.99. The molecule has 0 spiro atoms.